The fraction of sp³-hybridized carbons (Fsp3) is 0. The van der Waals surface area contributed by atoms with E-state index < -0.39 is 0 Å². The largest absolute Gasteiger partial charge is 0.464 e. The highest BCUT2D eigenvalue weighted by Gasteiger charge is 2.10. The van der Waals surface area contributed by atoms with E-state index in [9.17, 15) is 0 Å². The molecule has 4 heteroatoms. The Hall–Kier alpha value is -1.58. The minimum atomic E-state index is 0.570. The first-order chi connectivity index (χ1) is 8.33. The van der Waals surface area contributed by atoms with Crippen molar-refractivity contribution in [3.05, 3.63) is 41.9 Å². The van der Waals surface area contributed by atoms with Gasteiger partial charge in [-0.15, -0.1) is 11.3 Å². The van der Waals surface area contributed by atoms with E-state index in [0.717, 1.165) is 21.1 Å². The number of benzene rings is 1. The first-order valence-electron chi connectivity index (χ1n) is 5.17. The highest BCUT2D eigenvalue weighted by molar-refractivity contribution is 7.26. The van der Waals surface area contributed by atoms with Gasteiger partial charge in [-0.3, -0.25) is 0 Å². The maximum atomic E-state index is 6.11. The Labute approximate surface area is 105 Å². The van der Waals surface area contributed by atoms with Crippen LogP contribution in [0.5, 0.6) is 0 Å². The molecule has 0 saturated carbocycles. The molecule has 4 aromatic rings. The van der Waals surface area contributed by atoms with Gasteiger partial charge in [-0.05, 0) is 24.3 Å². The Kier molecular flexibility index (Phi) is 1.79. The standard InChI is InChI=1S/C13H6ClNOS/c14-13-12-8(1-3-15-13)9-5-7-2-4-16-10(7)6-11(9)17-12/h1-6H. The first-order valence-corrected chi connectivity index (χ1v) is 6.36. The highest BCUT2D eigenvalue weighted by atomic mass is 35.5. The van der Waals surface area contributed by atoms with E-state index in [2.05, 4.69) is 17.1 Å². The van der Waals surface area contributed by atoms with Crippen LogP contribution in [0.1, 0.15) is 0 Å². The number of pyridine rings is 1. The van der Waals surface area contributed by atoms with E-state index in [1.54, 1.807) is 23.8 Å². The van der Waals surface area contributed by atoms with Gasteiger partial charge in [0.1, 0.15) is 10.7 Å². The zero-order valence-corrected chi connectivity index (χ0v) is 10.2. The van der Waals surface area contributed by atoms with Crippen LogP contribution in [0.4, 0.5) is 0 Å². The van der Waals surface area contributed by atoms with Gasteiger partial charge in [0.05, 0.1) is 11.0 Å². The smallest absolute Gasteiger partial charge is 0.146 e. The van der Waals surface area contributed by atoms with Gasteiger partial charge in [-0.2, -0.15) is 0 Å². The van der Waals surface area contributed by atoms with Crippen LogP contribution < -0.4 is 0 Å². The summed E-state index contributed by atoms with van der Waals surface area (Å²) in [5.41, 5.74) is 0.910. The molecule has 2 nitrogen and oxygen atoms in total. The summed E-state index contributed by atoms with van der Waals surface area (Å²) >= 11 is 7.76. The number of aromatic nitrogens is 1. The minimum Gasteiger partial charge on any atom is -0.464 e. The molecule has 0 N–H and O–H groups in total. The Bertz CT molecular complexity index is 862. The van der Waals surface area contributed by atoms with Gasteiger partial charge in [0, 0.05) is 27.1 Å². The molecule has 0 fully saturated rings. The Morgan fingerprint density at radius 2 is 2.12 bits per heavy atom. The van der Waals surface area contributed by atoms with Crippen LogP contribution >= 0.6 is 22.9 Å². The van der Waals surface area contributed by atoms with Gasteiger partial charge in [-0.25, -0.2) is 4.98 Å². The number of halogens is 1. The van der Waals surface area contributed by atoms with E-state index in [-0.39, 0.29) is 0 Å². The molecule has 0 amide bonds. The van der Waals surface area contributed by atoms with Crippen molar-refractivity contribution in [2.75, 3.05) is 0 Å². The second kappa shape index (κ2) is 3.22. The number of fused-ring (bicyclic) bond motifs is 4. The molecule has 1 aromatic carbocycles. The Morgan fingerprint density at radius 3 is 3.06 bits per heavy atom. The average molecular weight is 260 g/mol. The van der Waals surface area contributed by atoms with Crippen LogP contribution in [0.15, 0.2) is 41.1 Å². The number of rotatable bonds is 0. The molecule has 0 aliphatic heterocycles. The van der Waals surface area contributed by atoms with Crippen LogP contribution in [0.25, 0.3) is 31.1 Å². The molecule has 3 aromatic heterocycles. The summed E-state index contributed by atoms with van der Waals surface area (Å²) in [4.78, 5) is 4.11. The molecule has 0 saturated heterocycles. The van der Waals surface area contributed by atoms with Crippen molar-refractivity contribution in [1.82, 2.24) is 4.98 Å². The van der Waals surface area contributed by atoms with E-state index in [4.69, 9.17) is 16.0 Å². The Balaban J connectivity index is 2.30. The lowest BCUT2D eigenvalue weighted by atomic mass is 10.1. The van der Waals surface area contributed by atoms with Crippen molar-refractivity contribution < 1.29 is 4.42 Å². The molecule has 0 spiro atoms. The normalized spacial score (nSPS) is 11.8. The van der Waals surface area contributed by atoms with Crippen LogP contribution in [-0.4, -0.2) is 4.98 Å². The first kappa shape index (κ1) is 9.45. The summed E-state index contributed by atoms with van der Waals surface area (Å²) in [7, 11) is 0. The summed E-state index contributed by atoms with van der Waals surface area (Å²) in [6, 6.07) is 8.18. The molecule has 0 bridgehead atoms. The second-order valence-corrected chi connectivity index (χ2v) is 5.30. The molecular weight excluding hydrogens is 254 g/mol. The number of thiophene rings is 1. The summed E-state index contributed by atoms with van der Waals surface area (Å²) < 4.78 is 7.63. The molecule has 4 rings (SSSR count). The number of nitrogens with zero attached hydrogens (tertiary/aromatic N) is 1. The van der Waals surface area contributed by atoms with Gasteiger partial charge in [0.25, 0.3) is 0 Å². The van der Waals surface area contributed by atoms with Gasteiger partial charge in [0.2, 0.25) is 0 Å². The van der Waals surface area contributed by atoms with Crippen molar-refractivity contribution in [3.8, 4) is 0 Å². The average Bonchev–Trinajstić information content (AvgIpc) is 2.90. The lowest BCUT2D eigenvalue weighted by Crippen LogP contribution is -1.72. The third kappa shape index (κ3) is 1.24. The predicted molar refractivity (Wildman–Crippen MR) is 71.9 cm³/mol. The monoisotopic (exact) mass is 259 g/mol. The summed E-state index contributed by atoms with van der Waals surface area (Å²) in [6.45, 7) is 0. The van der Waals surface area contributed by atoms with Crippen molar-refractivity contribution in [2.24, 2.45) is 0 Å². The molecule has 0 atom stereocenters. The maximum Gasteiger partial charge on any atom is 0.146 e. The molecule has 0 unspecified atom stereocenters. The van der Waals surface area contributed by atoms with E-state index in [1.165, 1.54) is 10.1 Å². The van der Waals surface area contributed by atoms with Crippen LogP contribution in [0, 0.1) is 0 Å². The lowest BCUT2D eigenvalue weighted by Gasteiger charge is -1.92. The molecule has 3 heterocycles. The van der Waals surface area contributed by atoms with Crippen molar-refractivity contribution in [1.29, 1.82) is 0 Å². The van der Waals surface area contributed by atoms with Gasteiger partial charge in [0.15, 0.2) is 0 Å². The maximum absolute atomic E-state index is 6.11. The van der Waals surface area contributed by atoms with Crippen molar-refractivity contribution in [3.63, 3.8) is 0 Å². The fourth-order valence-electron chi connectivity index (χ4n) is 2.13. The van der Waals surface area contributed by atoms with E-state index in [1.807, 2.05) is 12.1 Å². The minimum absolute atomic E-state index is 0.570. The second-order valence-electron chi connectivity index (χ2n) is 3.89. The van der Waals surface area contributed by atoms with Gasteiger partial charge < -0.3 is 4.42 Å². The fourth-order valence-corrected chi connectivity index (χ4v) is 3.49. The number of hydrogen-bond acceptors (Lipinski definition) is 3. The highest BCUT2D eigenvalue weighted by Crippen LogP contribution is 2.38. The Morgan fingerprint density at radius 1 is 1.18 bits per heavy atom. The van der Waals surface area contributed by atoms with Gasteiger partial charge in [-0.1, -0.05) is 11.6 Å². The quantitative estimate of drug-likeness (QED) is 0.422. The summed E-state index contributed by atoms with van der Waals surface area (Å²) in [5.74, 6) is 0. The topological polar surface area (TPSA) is 26.0 Å². The molecule has 82 valence electrons. The van der Waals surface area contributed by atoms with E-state index in [0.29, 0.717) is 5.15 Å². The number of furan rings is 1. The zero-order valence-electron chi connectivity index (χ0n) is 8.61. The summed E-state index contributed by atoms with van der Waals surface area (Å²) in [5, 5.41) is 4.06. The van der Waals surface area contributed by atoms with Crippen LogP contribution in [0.3, 0.4) is 0 Å². The third-order valence-electron chi connectivity index (χ3n) is 2.92. The zero-order chi connectivity index (χ0) is 11.4. The molecule has 17 heavy (non-hydrogen) atoms. The SMILES string of the molecule is Clc1nccc2c1sc1cc3occc3cc12. The summed E-state index contributed by atoms with van der Waals surface area (Å²) in [6.07, 6.45) is 3.46. The van der Waals surface area contributed by atoms with Crippen molar-refractivity contribution in [2.45, 2.75) is 0 Å². The molecule has 0 aliphatic carbocycles. The lowest BCUT2D eigenvalue weighted by molar-refractivity contribution is 0.616. The molecule has 0 radical (unpaired) electrons. The number of hydrogen-bond donors (Lipinski definition) is 0. The van der Waals surface area contributed by atoms with Crippen molar-refractivity contribution >= 4 is 54.1 Å². The van der Waals surface area contributed by atoms with E-state index >= 15 is 0 Å². The molecular formula is C13H6ClNOS. The molecule has 0 aliphatic rings. The van der Waals surface area contributed by atoms with Crippen LogP contribution in [0.2, 0.25) is 5.15 Å². The van der Waals surface area contributed by atoms with Crippen LogP contribution in [-0.2, 0) is 0 Å². The predicted octanol–water partition coefficient (Wildman–Crippen LogP) is 4.85. The van der Waals surface area contributed by atoms with Gasteiger partial charge >= 0.3 is 0 Å². The third-order valence-corrected chi connectivity index (χ3v) is 4.49.